The molecule has 0 aromatic carbocycles. The van der Waals surface area contributed by atoms with Gasteiger partial charge in [-0.1, -0.05) is 13.8 Å². The molecule has 1 aliphatic rings. The SMILES string of the molecule is Cc1cnccc1NCC(C(C)C)N1CCN(C)CC1. The highest BCUT2D eigenvalue weighted by Gasteiger charge is 2.24. The number of aryl methyl sites for hydroxylation is 1. The summed E-state index contributed by atoms with van der Waals surface area (Å²) in [7, 11) is 2.21. The van der Waals surface area contributed by atoms with Crippen molar-refractivity contribution in [3.8, 4) is 0 Å². The van der Waals surface area contributed by atoms with Crippen LogP contribution in [0.3, 0.4) is 0 Å². The first kappa shape index (κ1) is 15.3. The number of anilines is 1. The second-order valence-corrected chi connectivity index (χ2v) is 6.22. The van der Waals surface area contributed by atoms with Gasteiger partial charge in [0.1, 0.15) is 0 Å². The fraction of sp³-hybridized carbons (Fsp3) is 0.688. The molecular formula is C16H28N4. The summed E-state index contributed by atoms with van der Waals surface area (Å²) in [5, 5.41) is 3.61. The molecule has 0 saturated carbocycles. The number of piperazine rings is 1. The van der Waals surface area contributed by atoms with E-state index < -0.39 is 0 Å². The smallest absolute Gasteiger partial charge is 0.0401 e. The van der Waals surface area contributed by atoms with Crippen molar-refractivity contribution in [3.05, 3.63) is 24.0 Å². The van der Waals surface area contributed by atoms with Gasteiger partial charge in [0.25, 0.3) is 0 Å². The third-order valence-corrected chi connectivity index (χ3v) is 4.30. The molecule has 0 aliphatic carbocycles. The number of nitrogens with zero attached hydrogens (tertiary/aromatic N) is 3. The van der Waals surface area contributed by atoms with Crippen molar-refractivity contribution in [2.45, 2.75) is 26.8 Å². The molecule has 1 aliphatic heterocycles. The molecule has 0 spiro atoms. The quantitative estimate of drug-likeness (QED) is 0.892. The first-order chi connectivity index (χ1) is 9.58. The van der Waals surface area contributed by atoms with E-state index in [4.69, 9.17) is 0 Å². The normalized spacial score (nSPS) is 19.2. The molecular weight excluding hydrogens is 248 g/mol. The number of hydrogen-bond acceptors (Lipinski definition) is 4. The largest absolute Gasteiger partial charge is 0.383 e. The van der Waals surface area contributed by atoms with Crippen molar-refractivity contribution >= 4 is 5.69 Å². The van der Waals surface area contributed by atoms with Gasteiger partial charge in [-0.25, -0.2) is 0 Å². The van der Waals surface area contributed by atoms with Crippen molar-refractivity contribution < 1.29 is 0 Å². The highest BCUT2D eigenvalue weighted by Crippen LogP contribution is 2.17. The maximum Gasteiger partial charge on any atom is 0.0401 e. The van der Waals surface area contributed by atoms with Gasteiger partial charge in [0.15, 0.2) is 0 Å². The monoisotopic (exact) mass is 276 g/mol. The minimum atomic E-state index is 0.594. The van der Waals surface area contributed by atoms with Crippen molar-refractivity contribution in [3.63, 3.8) is 0 Å². The average Bonchev–Trinajstić information content (AvgIpc) is 2.42. The van der Waals surface area contributed by atoms with Crippen LogP contribution in [0.15, 0.2) is 18.5 Å². The number of aromatic nitrogens is 1. The number of hydrogen-bond donors (Lipinski definition) is 1. The van der Waals surface area contributed by atoms with E-state index >= 15 is 0 Å². The Morgan fingerprint density at radius 3 is 2.55 bits per heavy atom. The lowest BCUT2D eigenvalue weighted by Crippen LogP contribution is -2.52. The fourth-order valence-electron chi connectivity index (χ4n) is 2.83. The van der Waals surface area contributed by atoms with Gasteiger partial charge in [-0.15, -0.1) is 0 Å². The third-order valence-electron chi connectivity index (χ3n) is 4.30. The van der Waals surface area contributed by atoms with Crippen LogP contribution in [0.5, 0.6) is 0 Å². The number of likely N-dealkylation sites (N-methyl/N-ethyl adjacent to an activating group) is 1. The summed E-state index contributed by atoms with van der Waals surface area (Å²) in [5.74, 6) is 0.660. The summed E-state index contributed by atoms with van der Waals surface area (Å²) in [4.78, 5) is 9.19. The molecule has 1 N–H and O–H groups in total. The van der Waals surface area contributed by atoms with E-state index in [0.29, 0.717) is 12.0 Å². The zero-order valence-electron chi connectivity index (χ0n) is 13.3. The van der Waals surface area contributed by atoms with E-state index in [1.165, 1.54) is 37.4 Å². The van der Waals surface area contributed by atoms with Gasteiger partial charge < -0.3 is 10.2 Å². The molecule has 2 rings (SSSR count). The highest BCUT2D eigenvalue weighted by atomic mass is 15.3. The van der Waals surface area contributed by atoms with Gasteiger partial charge in [0, 0.05) is 56.8 Å². The van der Waals surface area contributed by atoms with Crippen molar-refractivity contribution in [2.75, 3.05) is 45.1 Å². The molecule has 1 unspecified atom stereocenters. The summed E-state index contributed by atoms with van der Waals surface area (Å²) in [6.45, 7) is 12.5. The molecule has 0 radical (unpaired) electrons. The van der Waals surface area contributed by atoms with Gasteiger partial charge in [-0.3, -0.25) is 9.88 Å². The van der Waals surface area contributed by atoms with E-state index in [1.807, 2.05) is 12.4 Å². The first-order valence-corrected chi connectivity index (χ1v) is 7.65. The van der Waals surface area contributed by atoms with E-state index in [9.17, 15) is 0 Å². The number of pyridine rings is 1. The first-order valence-electron chi connectivity index (χ1n) is 7.65. The van der Waals surface area contributed by atoms with Gasteiger partial charge in [0.05, 0.1) is 0 Å². The number of rotatable bonds is 5. The topological polar surface area (TPSA) is 31.4 Å². The Bertz CT molecular complexity index is 411. The predicted molar refractivity (Wildman–Crippen MR) is 85.2 cm³/mol. The molecule has 1 saturated heterocycles. The molecule has 112 valence electrons. The molecule has 2 heterocycles. The Balaban J connectivity index is 1.94. The predicted octanol–water partition coefficient (Wildman–Crippen LogP) is 2.07. The summed E-state index contributed by atoms with van der Waals surface area (Å²) >= 11 is 0. The maximum atomic E-state index is 4.15. The minimum absolute atomic E-state index is 0.594. The van der Waals surface area contributed by atoms with Crippen molar-refractivity contribution in [1.29, 1.82) is 0 Å². The molecule has 1 atom stereocenters. The summed E-state index contributed by atoms with van der Waals surface area (Å²) in [5.41, 5.74) is 2.42. The van der Waals surface area contributed by atoms with Gasteiger partial charge >= 0.3 is 0 Å². The lowest BCUT2D eigenvalue weighted by Gasteiger charge is -2.40. The Kier molecular flexibility index (Phi) is 5.38. The van der Waals surface area contributed by atoms with E-state index in [-0.39, 0.29) is 0 Å². The zero-order chi connectivity index (χ0) is 14.5. The second-order valence-electron chi connectivity index (χ2n) is 6.22. The molecule has 4 heteroatoms. The van der Waals surface area contributed by atoms with Crippen LogP contribution < -0.4 is 5.32 Å². The molecule has 1 fully saturated rings. The summed E-state index contributed by atoms with van der Waals surface area (Å²) in [6.07, 6.45) is 3.78. The second kappa shape index (κ2) is 7.04. The molecule has 4 nitrogen and oxygen atoms in total. The van der Waals surface area contributed by atoms with Crippen LogP contribution >= 0.6 is 0 Å². The van der Waals surface area contributed by atoms with E-state index in [1.54, 1.807) is 0 Å². The Morgan fingerprint density at radius 1 is 1.25 bits per heavy atom. The molecule has 0 bridgehead atoms. The lowest BCUT2D eigenvalue weighted by atomic mass is 10.0. The van der Waals surface area contributed by atoms with Crippen molar-refractivity contribution in [2.24, 2.45) is 5.92 Å². The Hall–Kier alpha value is -1.13. The van der Waals surface area contributed by atoms with Gasteiger partial charge in [-0.05, 0) is 31.5 Å². The van der Waals surface area contributed by atoms with E-state index in [2.05, 4.69) is 54.0 Å². The van der Waals surface area contributed by atoms with Crippen LogP contribution in [-0.2, 0) is 0 Å². The standard InChI is InChI=1S/C16H28N4/c1-13(2)16(20-9-7-19(4)8-10-20)12-18-15-5-6-17-11-14(15)3/h5-6,11,13,16H,7-10,12H2,1-4H3,(H,17,18). The van der Waals surface area contributed by atoms with E-state index in [0.717, 1.165) is 6.54 Å². The Labute approximate surface area is 123 Å². The maximum absolute atomic E-state index is 4.15. The zero-order valence-corrected chi connectivity index (χ0v) is 13.3. The van der Waals surface area contributed by atoms with Crippen LogP contribution in [-0.4, -0.2) is 60.6 Å². The summed E-state index contributed by atoms with van der Waals surface area (Å²) in [6, 6.07) is 2.66. The minimum Gasteiger partial charge on any atom is -0.383 e. The van der Waals surface area contributed by atoms with Crippen LogP contribution in [0.25, 0.3) is 0 Å². The van der Waals surface area contributed by atoms with Crippen LogP contribution in [0.2, 0.25) is 0 Å². The van der Waals surface area contributed by atoms with Crippen molar-refractivity contribution in [1.82, 2.24) is 14.8 Å². The molecule has 0 amide bonds. The van der Waals surface area contributed by atoms with Gasteiger partial charge in [0.2, 0.25) is 0 Å². The fourth-order valence-corrected chi connectivity index (χ4v) is 2.83. The average molecular weight is 276 g/mol. The van der Waals surface area contributed by atoms with Crippen LogP contribution in [0.1, 0.15) is 19.4 Å². The molecule has 1 aromatic rings. The van der Waals surface area contributed by atoms with Crippen LogP contribution in [0.4, 0.5) is 5.69 Å². The van der Waals surface area contributed by atoms with Crippen LogP contribution in [0, 0.1) is 12.8 Å². The Morgan fingerprint density at radius 2 is 1.95 bits per heavy atom. The molecule has 1 aromatic heterocycles. The van der Waals surface area contributed by atoms with Gasteiger partial charge in [-0.2, -0.15) is 0 Å². The third kappa shape index (κ3) is 3.93. The molecule has 20 heavy (non-hydrogen) atoms. The number of nitrogens with one attached hydrogen (secondary N) is 1. The highest BCUT2D eigenvalue weighted by molar-refractivity contribution is 5.48. The lowest BCUT2D eigenvalue weighted by molar-refractivity contribution is 0.0944. The summed E-state index contributed by atoms with van der Waals surface area (Å²) < 4.78 is 0.